The summed E-state index contributed by atoms with van der Waals surface area (Å²) in [6, 6.07) is 15.2. The van der Waals surface area contributed by atoms with Gasteiger partial charge in [0.15, 0.2) is 0 Å². The number of benzene rings is 2. The Bertz CT molecular complexity index is 1260. The highest BCUT2D eigenvalue weighted by Crippen LogP contribution is 2.24. The average molecular weight is 458 g/mol. The molecule has 0 amide bonds. The van der Waals surface area contributed by atoms with E-state index in [1.165, 1.54) is 18.3 Å². The maximum absolute atomic E-state index is 11.5. The number of carbonyl (C=O) groups is 1. The van der Waals surface area contributed by atoms with E-state index >= 15 is 0 Å². The number of hydrogen-bond donors (Lipinski definition) is 4. The van der Waals surface area contributed by atoms with E-state index in [2.05, 4.69) is 9.98 Å². The number of rotatable bonds is 7. The molecule has 0 unspecified atom stereocenters. The number of nitrogens with zero attached hydrogens (tertiary/aromatic N) is 2. The highest BCUT2D eigenvalue weighted by atomic mass is 32.2. The summed E-state index contributed by atoms with van der Waals surface area (Å²) in [4.78, 5) is 19.3. The summed E-state index contributed by atoms with van der Waals surface area (Å²) in [5.41, 5.74) is 14.9. The molecule has 1 aromatic heterocycles. The number of carboxylic acids is 1. The molecule has 7 N–H and O–H groups in total. The molecule has 0 spiro atoms. The van der Waals surface area contributed by atoms with Gasteiger partial charge in [-0.1, -0.05) is 53.8 Å². The van der Waals surface area contributed by atoms with Gasteiger partial charge in [-0.05, 0) is 23.3 Å². The van der Waals surface area contributed by atoms with Gasteiger partial charge in [-0.25, -0.2) is 28.3 Å². The number of aromatic carboxylic acids is 1. The highest BCUT2D eigenvalue weighted by molar-refractivity contribution is 7.89. The van der Waals surface area contributed by atoms with Gasteiger partial charge in [0, 0.05) is 17.7 Å². The van der Waals surface area contributed by atoms with Crippen LogP contribution >= 0.6 is 11.3 Å². The average Bonchev–Trinajstić information content (AvgIpc) is 3.20. The van der Waals surface area contributed by atoms with E-state index in [1.54, 1.807) is 12.1 Å². The lowest BCUT2D eigenvalue weighted by Crippen LogP contribution is -2.20. The Kier molecular flexibility index (Phi) is 6.49. The van der Waals surface area contributed by atoms with Gasteiger partial charge in [0.1, 0.15) is 10.7 Å². The number of carboxylic acid groups (broad SMARTS) is 1. The van der Waals surface area contributed by atoms with E-state index < -0.39 is 16.0 Å². The maximum atomic E-state index is 11.5. The molecule has 0 fully saturated rings. The fourth-order valence-corrected chi connectivity index (χ4v) is 3.86. The van der Waals surface area contributed by atoms with Crippen LogP contribution in [0, 0.1) is 0 Å². The van der Waals surface area contributed by atoms with Crippen LogP contribution < -0.4 is 16.6 Å². The number of nitrogens with two attached hydrogens (primary N) is 3. The minimum Gasteiger partial charge on any atom is -0.477 e. The molecule has 2 aromatic carbocycles. The normalized spacial score (nSPS) is 13.0. The van der Waals surface area contributed by atoms with E-state index in [4.69, 9.17) is 21.7 Å². The van der Waals surface area contributed by atoms with Crippen LogP contribution in [-0.4, -0.2) is 30.3 Å². The molecule has 0 saturated carbocycles. The molecule has 0 radical (unpaired) electrons. The van der Waals surface area contributed by atoms with E-state index in [9.17, 15) is 13.2 Å². The van der Waals surface area contributed by atoms with Crippen LogP contribution in [0.1, 0.15) is 20.8 Å². The summed E-state index contributed by atoms with van der Waals surface area (Å²) in [6.45, 7) is 0. The first-order valence-electron chi connectivity index (χ1n) is 8.84. The number of hydrogen-bond acceptors (Lipinski definition) is 7. The molecular weight excluding hydrogens is 438 g/mol. The molecule has 160 valence electrons. The number of amidine groups is 1. The molecule has 9 nitrogen and oxygen atoms in total. The van der Waals surface area contributed by atoms with E-state index in [0.717, 1.165) is 22.5 Å². The van der Waals surface area contributed by atoms with Crippen LogP contribution in [-0.2, 0) is 16.4 Å². The Morgan fingerprint density at radius 1 is 1.06 bits per heavy atom. The fourth-order valence-electron chi connectivity index (χ4n) is 2.70. The summed E-state index contributed by atoms with van der Waals surface area (Å²) in [5.74, 6) is -1.03. The number of thiazole rings is 1. The van der Waals surface area contributed by atoms with Crippen molar-refractivity contribution in [3.05, 3.63) is 82.4 Å². The molecular formula is C20H19N5O4S2. The second kappa shape index (κ2) is 9.08. The molecule has 0 saturated heterocycles. The summed E-state index contributed by atoms with van der Waals surface area (Å²) in [5, 5.41) is 14.4. The van der Waals surface area contributed by atoms with Crippen LogP contribution in [0.3, 0.4) is 0 Å². The first-order chi connectivity index (χ1) is 14.6. The lowest BCUT2D eigenvalue weighted by molar-refractivity contribution is 0.0702. The quantitative estimate of drug-likeness (QED) is 0.310. The number of sulfonamides is 1. The Morgan fingerprint density at radius 2 is 1.71 bits per heavy atom. The van der Waals surface area contributed by atoms with Gasteiger partial charge in [0.05, 0.1) is 11.1 Å². The van der Waals surface area contributed by atoms with Crippen molar-refractivity contribution in [2.45, 2.75) is 11.3 Å². The molecule has 1 heterocycles. The molecule has 0 aliphatic rings. The van der Waals surface area contributed by atoms with E-state index in [1.807, 2.05) is 30.3 Å². The third-order valence-electron chi connectivity index (χ3n) is 4.27. The van der Waals surface area contributed by atoms with Gasteiger partial charge in [0.2, 0.25) is 15.2 Å². The molecule has 0 bridgehead atoms. The fraction of sp³-hybridized carbons (Fsp3) is 0.0500. The van der Waals surface area contributed by atoms with Crippen molar-refractivity contribution in [3.8, 4) is 0 Å². The van der Waals surface area contributed by atoms with Gasteiger partial charge in [-0.3, -0.25) is 0 Å². The van der Waals surface area contributed by atoms with E-state index in [0.29, 0.717) is 11.3 Å². The monoisotopic (exact) mass is 457 g/mol. The van der Waals surface area contributed by atoms with Crippen LogP contribution in [0.15, 0.2) is 76.3 Å². The van der Waals surface area contributed by atoms with Crippen LogP contribution in [0.4, 0.5) is 5.13 Å². The van der Waals surface area contributed by atoms with Gasteiger partial charge in [-0.2, -0.15) is 0 Å². The van der Waals surface area contributed by atoms with Crippen molar-refractivity contribution >= 4 is 44.0 Å². The molecule has 3 aromatic rings. The number of primary sulfonamides is 1. The van der Waals surface area contributed by atoms with Crippen molar-refractivity contribution in [1.82, 2.24) is 4.98 Å². The number of aliphatic imine (C=N–C) groups is 1. The minimum absolute atomic E-state index is 0.0107. The lowest BCUT2D eigenvalue weighted by atomic mass is 9.99. The molecule has 31 heavy (non-hydrogen) atoms. The van der Waals surface area contributed by atoms with Crippen LogP contribution in [0.25, 0.3) is 5.70 Å². The summed E-state index contributed by atoms with van der Waals surface area (Å²) in [7, 11) is -3.81. The standard InChI is InChI=1S/C20H19N5O4S2/c21-17(13-4-2-1-3-5-13)15(10-12-6-8-14(9-7-12)31(23,28)29)18(22)25-20-24-11-16(30-20)19(26)27/h1-9,11H,10,21H2,(H,26,27)(H2,22,24,25)(H2,23,28,29). The minimum atomic E-state index is -3.81. The zero-order valence-electron chi connectivity index (χ0n) is 16.1. The molecule has 0 atom stereocenters. The second-order valence-electron chi connectivity index (χ2n) is 6.43. The molecule has 3 rings (SSSR count). The zero-order valence-corrected chi connectivity index (χ0v) is 17.7. The van der Waals surface area contributed by atoms with Crippen molar-refractivity contribution in [2.24, 2.45) is 21.6 Å². The van der Waals surface area contributed by atoms with Gasteiger partial charge in [-0.15, -0.1) is 0 Å². The van der Waals surface area contributed by atoms with Gasteiger partial charge >= 0.3 is 5.97 Å². The third kappa shape index (κ3) is 5.54. The maximum Gasteiger partial charge on any atom is 0.347 e. The predicted molar refractivity (Wildman–Crippen MR) is 119 cm³/mol. The SMILES string of the molecule is NC(=Nc1ncc(C(=O)O)s1)C(Cc1ccc(S(N)(=O)=O)cc1)=C(N)c1ccccc1. The smallest absolute Gasteiger partial charge is 0.347 e. The molecule has 0 aliphatic carbocycles. The zero-order chi connectivity index (χ0) is 22.6. The van der Waals surface area contributed by atoms with Crippen LogP contribution in [0.5, 0.6) is 0 Å². The van der Waals surface area contributed by atoms with Crippen LogP contribution in [0.2, 0.25) is 0 Å². The number of aromatic nitrogens is 1. The molecule has 11 heteroatoms. The third-order valence-corrected chi connectivity index (χ3v) is 6.08. The second-order valence-corrected chi connectivity index (χ2v) is 9.00. The topological polar surface area (TPSA) is 175 Å². The summed E-state index contributed by atoms with van der Waals surface area (Å²) < 4.78 is 23.0. The molecule has 0 aliphatic heterocycles. The van der Waals surface area contributed by atoms with Crippen molar-refractivity contribution in [2.75, 3.05) is 0 Å². The first-order valence-corrected chi connectivity index (χ1v) is 11.2. The Labute approximate surface area is 182 Å². The van der Waals surface area contributed by atoms with Gasteiger partial charge < -0.3 is 16.6 Å². The summed E-state index contributed by atoms with van der Waals surface area (Å²) in [6.07, 6.45) is 1.45. The first kappa shape index (κ1) is 22.2. The lowest BCUT2D eigenvalue weighted by Gasteiger charge is -2.13. The van der Waals surface area contributed by atoms with Crippen molar-refractivity contribution in [3.63, 3.8) is 0 Å². The highest BCUT2D eigenvalue weighted by Gasteiger charge is 2.15. The Morgan fingerprint density at radius 3 is 2.26 bits per heavy atom. The summed E-state index contributed by atoms with van der Waals surface area (Å²) >= 11 is 0.883. The van der Waals surface area contributed by atoms with Crippen molar-refractivity contribution in [1.29, 1.82) is 0 Å². The predicted octanol–water partition coefficient (Wildman–Crippen LogP) is 2.09. The van der Waals surface area contributed by atoms with E-state index in [-0.39, 0.29) is 27.2 Å². The Hall–Kier alpha value is -3.54. The Balaban J connectivity index is 2.02. The van der Waals surface area contributed by atoms with Gasteiger partial charge in [0.25, 0.3) is 0 Å². The largest absolute Gasteiger partial charge is 0.477 e. The van der Waals surface area contributed by atoms with Crippen molar-refractivity contribution < 1.29 is 18.3 Å².